The molecule has 4 nitrogen and oxygen atoms in total. The third-order valence-electron chi connectivity index (χ3n) is 2.29. The fourth-order valence-electron chi connectivity index (χ4n) is 1.67. The van der Waals surface area contributed by atoms with Crippen molar-refractivity contribution in [2.75, 3.05) is 0 Å². The molecule has 1 aromatic heterocycles. The number of carbonyl (C=O) groups is 2. The first-order chi connectivity index (χ1) is 6.68. The van der Waals surface area contributed by atoms with Crippen molar-refractivity contribution in [2.45, 2.75) is 18.9 Å². The lowest BCUT2D eigenvalue weighted by atomic mass is 9.94. The molecule has 0 aromatic carbocycles. The zero-order valence-corrected chi connectivity index (χ0v) is 8.26. The van der Waals surface area contributed by atoms with E-state index in [1.165, 1.54) is 11.3 Å². The van der Waals surface area contributed by atoms with Gasteiger partial charge in [0.2, 0.25) is 0 Å². The van der Waals surface area contributed by atoms with Crippen LogP contribution in [0.5, 0.6) is 0 Å². The summed E-state index contributed by atoms with van der Waals surface area (Å²) in [5, 5.41) is 4.51. The molecule has 1 atom stereocenters. The number of Topliss-reactive ketones (excluding diaryl/α,β-unsaturated/α-hetero) is 1. The average molecular weight is 210 g/mol. The number of primary amides is 1. The highest BCUT2D eigenvalue weighted by molar-refractivity contribution is 7.10. The minimum absolute atomic E-state index is 0.0831. The van der Waals surface area contributed by atoms with Crippen molar-refractivity contribution in [3.8, 4) is 0 Å². The molecule has 2 rings (SSSR count). The van der Waals surface area contributed by atoms with Crippen LogP contribution in [0.1, 0.15) is 34.1 Å². The average Bonchev–Trinajstić information content (AvgIpc) is 2.58. The van der Waals surface area contributed by atoms with E-state index in [9.17, 15) is 9.59 Å². The molecule has 0 radical (unpaired) electrons. The SMILES string of the molecule is NC(=O)N[C@@H]1CCC(=O)c2ccsc21. The first-order valence-corrected chi connectivity index (χ1v) is 5.23. The van der Waals surface area contributed by atoms with Gasteiger partial charge in [0.1, 0.15) is 0 Å². The second kappa shape index (κ2) is 3.42. The smallest absolute Gasteiger partial charge is 0.312 e. The first kappa shape index (κ1) is 9.21. The summed E-state index contributed by atoms with van der Waals surface area (Å²) in [5.74, 6) is 0.156. The maximum Gasteiger partial charge on any atom is 0.312 e. The molecule has 0 aliphatic heterocycles. The van der Waals surface area contributed by atoms with Crippen molar-refractivity contribution >= 4 is 23.2 Å². The standard InChI is InChI=1S/C9H10N2O2S/c10-9(13)11-6-1-2-7(12)5-3-4-14-8(5)6/h3-4,6H,1-2H2,(H3,10,11,13)/t6-/m1/s1. The number of carbonyl (C=O) groups excluding carboxylic acids is 2. The topological polar surface area (TPSA) is 72.2 Å². The van der Waals surface area contributed by atoms with E-state index in [0.717, 1.165) is 10.4 Å². The largest absolute Gasteiger partial charge is 0.352 e. The number of amides is 2. The molecule has 0 unspecified atom stereocenters. The van der Waals surface area contributed by atoms with Gasteiger partial charge < -0.3 is 11.1 Å². The van der Waals surface area contributed by atoms with Crippen molar-refractivity contribution in [1.82, 2.24) is 5.32 Å². The summed E-state index contributed by atoms with van der Waals surface area (Å²) < 4.78 is 0. The van der Waals surface area contributed by atoms with E-state index in [0.29, 0.717) is 12.8 Å². The van der Waals surface area contributed by atoms with Crippen LogP contribution in [0.25, 0.3) is 0 Å². The van der Waals surface area contributed by atoms with Gasteiger partial charge in [-0.1, -0.05) is 0 Å². The summed E-state index contributed by atoms with van der Waals surface area (Å²) in [6.07, 6.45) is 1.13. The fourth-order valence-corrected chi connectivity index (χ4v) is 2.67. The van der Waals surface area contributed by atoms with Crippen LogP contribution in [0, 0.1) is 0 Å². The molecule has 14 heavy (non-hydrogen) atoms. The van der Waals surface area contributed by atoms with Gasteiger partial charge in [-0.15, -0.1) is 11.3 Å². The molecule has 0 saturated carbocycles. The summed E-state index contributed by atoms with van der Waals surface area (Å²) in [4.78, 5) is 23.1. The van der Waals surface area contributed by atoms with Crippen LogP contribution < -0.4 is 11.1 Å². The molecule has 1 aliphatic rings. The predicted molar refractivity (Wildman–Crippen MR) is 53.3 cm³/mol. The summed E-state index contributed by atoms with van der Waals surface area (Å²) >= 11 is 1.49. The van der Waals surface area contributed by atoms with Gasteiger partial charge in [-0.2, -0.15) is 0 Å². The van der Waals surface area contributed by atoms with Crippen molar-refractivity contribution in [3.63, 3.8) is 0 Å². The number of thiophene rings is 1. The van der Waals surface area contributed by atoms with E-state index < -0.39 is 6.03 Å². The second-order valence-corrected chi connectivity index (χ2v) is 4.17. The predicted octanol–water partition coefficient (Wildman–Crippen LogP) is 1.43. The lowest BCUT2D eigenvalue weighted by Gasteiger charge is -2.21. The molecule has 3 N–H and O–H groups in total. The number of nitrogens with one attached hydrogen (secondary N) is 1. The molecular weight excluding hydrogens is 200 g/mol. The Bertz CT molecular complexity index is 386. The van der Waals surface area contributed by atoms with Crippen molar-refractivity contribution in [1.29, 1.82) is 0 Å². The summed E-state index contributed by atoms with van der Waals surface area (Å²) in [5.41, 5.74) is 5.79. The van der Waals surface area contributed by atoms with E-state index >= 15 is 0 Å². The van der Waals surface area contributed by atoms with E-state index in [2.05, 4.69) is 5.32 Å². The number of fused-ring (bicyclic) bond motifs is 1. The minimum Gasteiger partial charge on any atom is -0.352 e. The molecule has 5 heteroatoms. The normalized spacial score (nSPS) is 20.3. The Morgan fingerprint density at radius 1 is 1.64 bits per heavy atom. The molecule has 74 valence electrons. The fraction of sp³-hybridized carbons (Fsp3) is 0.333. The zero-order valence-electron chi connectivity index (χ0n) is 7.45. The van der Waals surface area contributed by atoms with Crippen LogP contribution >= 0.6 is 11.3 Å². The number of hydrogen-bond acceptors (Lipinski definition) is 3. The van der Waals surface area contributed by atoms with Crippen LogP contribution in [0.3, 0.4) is 0 Å². The van der Waals surface area contributed by atoms with E-state index in [4.69, 9.17) is 5.73 Å². The Labute approximate surface area is 85.1 Å². The zero-order chi connectivity index (χ0) is 10.1. The number of rotatable bonds is 1. The highest BCUT2D eigenvalue weighted by atomic mass is 32.1. The first-order valence-electron chi connectivity index (χ1n) is 4.35. The van der Waals surface area contributed by atoms with Crippen LogP contribution in [-0.2, 0) is 0 Å². The van der Waals surface area contributed by atoms with E-state index in [-0.39, 0.29) is 11.8 Å². The number of hydrogen-bond donors (Lipinski definition) is 2. The number of nitrogens with two attached hydrogens (primary N) is 1. The Hall–Kier alpha value is -1.36. The quantitative estimate of drug-likeness (QED) is 0.736. The number of ketones is 1. The molecule has 0 saturated heterocycles. The second-order valence-electron chi connectivity index (χ2n) is 3.22. The van der Waals surface area contributed by atoms with Gasteiger partial charge >= 0.3 is 6.03 Å². The highest BCUT2D eigenvalue weighted by Gasteiger charge is 2.27. The minimum atomic E-state index is -0.538. The van der Waals surface area contributed by atoms with Crippen molar-refractivity contribution in [3.05, 3.63) is 21.9 Å². The van der Waals surface area contributed by atoms with E-state index in [1.807, 2.05) is 5.38 Å². The maximum atomic E-state index is 11.4. The molecule has 1 aliphatic carbocycles. The van der Waals surface area contributed by atoms with Gasteiger partial charge in [0.25, 0.3) is 0 Å². The Morgan fingerprint density at radius 3 is 3.14 bits per heavy atom. The molecule has 1 aromatic rings. The summed E-state index contributed by atoms with van der Waals surface area (Å²) in [6.45, 7) is 0. The van der Waals surface area contributed by atoms with Crippen LogP contribution in [0.15, 0.2) is 11.4 Å². The Balaban J connectivity index is 2.29. The Kier molecular flexibility index (Phi) is 2.25. The highest BCUT2D eigenvalue weighted by Crippen LogP contribution is 2.33. The molecular formula is C9H10N2O2S. The molecule has 2 amide bonds. The van der Waals surface area contributed by atoms with E-state index in [1.54, 1.807) is 6.07 Å². The van der Waals surface area contributed by atoms with Gasteiger partial charge in [0, 0.05) is 16.9 Å². The van der Waals surface area contributed by atoms with Gasteiger partial charge in [-0.3, -0.25) is 4.79 Å². The van der Waals surface area contributed by atoms with Crippen LogP contribution in [0.2, 0.25) is 0 Å². The third kappa shape index (κ3) is 1.50. The molecule has 1 heterocycles. The monoisotopic (exact) mass is 210 g/mol. The van der Waals surface area contributed by atoms with Gasteiger partial charge in [0.15, 0.2) is 5.78 Å². The number of urea groups is 1. The molecule has 0 fully saturated rings. The van der Waals surface area contributed by atoms with Crippen molar-refractivity contribution < 1.29 is 9.59 Å². The Morgan fingerprint density at radius 2 is 2.43 bits per heavy atom. The van der Waals surface area contributed by atoms with Gasteiger partial charge in [0.05, 0.1) is 6.04 Å². The van der Waals surface area contributed by atoms with Gasteiger partial charge in [-0.05, 0) is 17.9 Å². The molecule has 0 bridgehead atoms. The van der Waals surface area contributed by atoms with Crippen LogP contribution in [-0.4, -0.2) is 11.8 Å². The summed E-state index contributed by atoms with van der Waals surface area (Å²) in [7, 11) is 0. The summed E-state index contributed by atoms with van der Waals surface area (Å²) in [6, 6.07) is 1.18. The van der Waals surface area contributed by atoms with Gasteiger partial charge in [-0.25, -0.2) is 4.79 Å². The van der Waals surface area contributed by atoms with Crippen LogP contribution in [0.4, 0.5) is 4.79 Å². The molecule has 0 spiro atoms. The lowest BCUT2D eigenvalue weighted by Crippen LogP contribution is -2.35. The lowest BCUT2D eigenvalue weighted by molar-refractivity contribution is 0.0965. The van der Waals surface area contributed by atoms with Crippen molar-refractivity contribution in [2.24, 2.45) is 5.73 Å². The maximum absolute atomic E-state index is 11.4. The third-order valence-corrected chi connectivity index (χ3v) is 3.32.